The highest BCUT2D eigenvalue weighted by molar-refractivity contribution is 9.10. The first-order valence-corrected chi connectivity index (χ1v) is 12.4. The topological polar surface area (TPSA) is 94.9 Å². The van der Waals surface area contributed by atoms with E-state index in [9.17, 15) is 18.3 Å². The van der Waals surface area contributed by atoms with Crippen LogP contribution in [0.25, 0.3) is 10.8 Å². The Kier molecular flexibility index (Phi) is 5.69. The molecule has 0 aromatic heterocycles. The standard InChI is InChI=1S/C21H18BrNO5S2/c22-13-5-9-15(10-6-13)30(27,28)23(14-7-8-14)18-11-19(29-12-20(24)25)21(26)17-4-2-1-3-16(17)18/h1-6,9-11,14,26H,7-8,12H2,(H,24,25). The molecule has 30 heavy (non-hydrogen) atoms. The molecule has 6 nitrogen and oxygen atoms in total. The van der Waals surface area contributed by atoms with Crippen LogP contribution in [0.4, 0.5) is 5.69 Å². The van der Waals surface area contributed by atoms with Crippen molar-refractivity contribution < 1.29 is 23.4 Å². The molecular weight excluding hydrogens is 490 g/mol. The minimum atomic E-state index is -3.85. The highest BCUT2D eigenvalue weighted by Crippen LogP contribution is 2.45. The third-order valence-corrected chi connectivity index (χ3v) is 8.22. The second-order valence-electron chi connectivity index (χ2n) is 6.96. The number of carbonyl (C=O) groups is 1. The summed E-state index contributed by atoms with van der Waals surface area (Å²) in [7, 11) is -3.85. The number of aliphatic carboxylic acids is 1. The van der Waals surface area contributed by atoms with E-state index in [1.165, 1.54) is 4.31 Å². The summed E-state index contributed by atoms with van der Waals surface area (Å²) >= 11 is 4.29. The van der Waals surface area contributed by atoms with Gasteiger partial charge >= 0.3 is 5.97 Å². The van der Waals surface area contributed by atoms with E-state index in [1.807, 2.05) is 0 Å². The van der Waals surface area contributed by atoms with E-state index in [4.69, 9.17) is 5.11 Å². The van der Waals surface area contributed by atoms with Gasteiger partial charge in [0, 0.05) is 21.3 Å². The Hall–Kier alpha value is -2.23. The molecule has 0 radical (unpaired) electrons. The van der Waals surface area contributed by atoms with Crippen molar-refractivity contribution in [2.24, 2.45) is 0 Å². The van der Waals surface area contributed by atoms with Crippen LogP contribution in [0.3, 0.4) is 0 Å². The fourth-order valence-electron chi connectivity index (χ4n) is 3.30. The van der Waals surface area contributed by atoms with Crippen LogP contribution in [0.2, 0.25) is 0 Å². The van der Waals surface area contributed by atoms with Crippen molar-refractivity contribution in [1.29, 1.82) is 0 Å². The Balaban J connectivity index is 1.91. The molecule has 0 amide bonds. The summed E-state index contributed by atoms with van der Waals surface area (Å²) in [6.07, 6.45) is 1.48. The fraction of sp³-hybridized carbons (Fsp3) is 0.190. The van der Waals surface area contributed by atoms with Gasteiger partial charge in [0.1, 0.15) is 5.75 Å². The summed E-state index contributed by atoms with van der Waals surface area (Å²) in [5.74, 6) is -1.30. The Labute approximate surface area is 186 Å². The summed E-state index contributed by atoms with van der Waals surface area (Å²) in [4.78, 5) is 11.6. The van der Waals surface area contributed by atoms with Gasteiger partial charge in [0.25, 0.3) is 10.0 Å². The average molecular weight is 508 g/mol. The number of aromatic hydroxyl groups is 1. The van der Waals surface area contributed by atoms with Crippen LogP contribution in [0.1, 0.15) is 12.8 Å². The molecule has 3 aromatic rings. The van der Waals surface area contributed by atoms with Crippen LogP contribution in [-0.2, 0) is 14.8 Å². The van der Waals surface area contributed by atoms with Crippen LogP contribution in [0.15, 0.2) is 68.9 Å². The Morgan fingerprint density at radius 2 is 1.73 bits per heavy atom. The van der Waals surface area contributed by atoms with E-state index in [0.717, 1.165) is 29.1 Å². The van der Waals surface area contributed by atoms with E-state index in [-0.39, 0.29) is 22.4 Å². The molecule has 1 aliphatic carbocycles. The molecule has 9 heteroatoms. The predicted molar refractivity (Wildman–Crippen MR) is 121 cm³/mol. The van der Waals surface area contributed by atoms with Gasteiger partial charge in [0.05, 0.1) is 21.2 Å². The number of hydrogen-bond donors (Lipinski definition) is 2. The molecule has 0 atom stereocenters. The number of halogens is 1. The first kappa shape index (κ1) is 21.0. The monoisotopic (exact) mass is 507 g/mol. The molecule has 1 saturated carbocycles. The van der Waals surface area contributed by atoms with E-state index < -0.39 is 16.0 Å². The van der Waals surface area contributed by atoms with Crippen LogP contribution in [0.5, 0.6) is 5.75 Å². The molecule has 3 aromatic carbocycles. The van der Waals surface area contributed by atoms with Gasteiger partial charge in [-0.1, -0.05) is 40.2 Å². The number of hydrogen-bond acceptors (Lipinski definition) is 5. The molecule has 0 heterocycles. The van der Waals surface area contributed by atoms with Gasteiger partial charge in [0.2, 0.25) is 0 Å². The van der Waals surface area contributed by atoms with Crippen molar-refractivity contribution in [3.8, 4) is 5.75 Å². The second kappa shape index (κ2) is 8.13. The summed E-state index contributed by atoms with van der Waals surface area (Å²) in [6, 6.07) is 14.9. The van der Waals surface area contributed by atoms with E-state index in [2.05, 4.69) is 15.9 Å². The van der Waals surface area contributed by atoms with Crippen molar-refractivity contribution in [3.05, 3.63) is 59.1 Å². The lowest BCUT2D eigenvalue weighted by Crippen LogP contribution is -2.33. The lowest BCUT2D eigenvalue weighted by molar-refractivity contribution is -0.133. The number of phenols is 1. The predicted octanol–water partition coefficient (Wildman–Crippen LogP) is 4.84. The van der Waals surface area contributed by atoms with E-state index in [0.29, 0.717) is 21.4 Å². The van der Waals surface area contributed by atoms with Crippen molar-refractivity contribution in [2.45, 2.75) is 28.7 Å². The van der Waals surface area contributed by atoms with Gasteiger partial charge in [-0.2, -0.15) is 0 Å². The molecule has 0 unspecified atom stereocenters. The first-order chi connectivity index (χ1) is 14.3. The summed E-state index contributed by atoms with van der Waals surface area (Å²) in [6.45, 7) is 0. The van der Waals surface area contributed by atoms with E-state index in [1.54, 1.807) is 54.6 Å². The number of anilines is 1. The van der Waals surface area contributed by atoms with Gasteiger partial charge < -0.3 is 10.2 Å². The SMILES string of the molecule is O=C(O)CSc1cc(N(C2CC2)S(=O)(=O)c2ccc(Br)cc2)c2ccccc2c1O. The quantitative estimate of drug-likeness (QED) is 0.444. The molecule has 2 N–H and O–H groups in total. The number of nitrogens with zero attached hydrogens (tertiary/aromatic N) is 1. The molecular formula is C21H18BrNO5S2. The number of carboxylic acid groups (broad SMARTS) is 1. The van der Waals surface area contributed by atoms with Crippen LogP contribution in [0, 0.1) is 0 Å². The minimum absolute atomic E-state index is 0.0441. The lowest BCUT2D eigenvalue weighted by atomic mass is 10.1. The van der Waals surface area contributed by atoms with E-state index >= 15 is 0 Å². The summed E-state index contributed by atoms with van der Waals surface area (Å²) in [5.41, 5.74) is 0.446. The number of rotatable bonds is 7. The van der Waals surface area contributed by atoms with Gasteiger partial charge in [0.15, 0.2) is 0 Å². The van der Waals surface area contributed by atoms with Gasteiger partial charge in [-0.05, 0) is 43.2 Å². The first-order valence-electron chi connectivity index (χ1n) is 9.18. The van der Waals surface area contributed by atoms with Crippen molar-refractivity contribution in [2.75, 3.05) is 10.1 Å². The maximum atomic E-state index is 13.6. The zero-order valence-electron chi connectivity index (χ0n) is 15.7. The minimum Gasteiger partial charge on any atom is -0.506 e. The summed E-state index contributed by atoms with van der Waals surface area (Å²) < 4.78 is 29.4. The average Bonchev–Trinajstić information content (AvgIpc) is 3.54. The lowest BCUT2D eigenvalue weighted by Gasteiger charge is -2.27. The van der Waals surface area contributed by atoms with Crippen LogP contribution >= 0.6 is 27.7 Å². The highest BCUT2D eigenvalue weighted by Gasteiger charge is 2.39. The fourth-order valence-corrected chi connectivity index (χ4v) is 6.00. The van der Waals surface area contributed by atoms with Gasteiger partial charge in [-0.15, -0.1) is 11.8 Å². The van der Waals surface area contributed by atoms with Crippen molar-refractivity contribution >= 4 is 60.1 Å². The van der Waals surface area contributed by atoms with Crippen molar-refractivity contribution in [3.63, 3.8) is 0 Å². The zero-order valence-corrected chi connectivity index (χ0v) is 18.9. The molecule has 4 rings (SSSR count). The second-order valence-corrected chi connectivity index (χ2v) is 10.7. The molecule has 0 saturated heterocycles. The molecule has 0 aliphatic heterocycles. The normalized spacial score (nSPS) is 14.0. The van der Waals surface area contributed by atoms with Crippen LogP contribution < -0.4 is 4.31 Å². The highest BCUT2D eigenvalue weighted by atomic mass is 79.9. The Morgan fingerprint density at radius 3 is 2.33 bits per heavy atom. The number of benzene rings is 3. The molecule has 1 fully saturated rings. The third-order valence-electron chi connectivity index (χ3n) is 4.80. The molecule has 0 bridgehead atoms. The molecule has 0 spiro atoms. The largest absolute Gasteiger partial charge is 0.506 e. The summed E-state index contributed by atoms with van der Waals surface area (Å²) in [5, 5.41) is 20.8. The Morgan fingerprint density at radius 1 is 1.10 bits per heavy atom. The third kappa shape index (κ3) is 4.01. The molecule has 156 valence electrons. The van der Waals surface area contributed by atoms with Crippen molar-refractivity contribution in [1.82, 2.24) is 0 Å². The number of carboxylic acids is 1. The zero-order chi connectivity index (χ0) is 21.5. The number of phenolic OH excluding ortho intramolecular Hbond substituents is 1. The van der Waals surface area contributed by atoms with Gasteiger partial charge in [-0.25, -0.2) is 8.42 Å². The van der Waals surface area contributed by atoms with Crippen LogP contribution in [-0.4, -0.2) is 36.4 Å². The van der Waals surface area contributed by atoms with Gasteiger partial charge in [-0.3, -0.25) is 9.10 Å². The maximum absolute atomic E-state index is 13.6. The maximum Gasteiger partial charge on any atom is 0.313 e. The number of fused-ring (bicyclic) bond motifs is 1. The Bertz CT molecular complexity index is 1220. The molecule has 1 aliphatic rings. The number of thioether (sulfide) groups is 1. The number of sulfonamides is 1. The smallest absolute Gasteiger partial charge is 0.313 e.